The van der Waals surface area contributed by atoms with Crippen molar-refractivity contribution in [3.8, 4) is 11.5 Å². The number of hydrogen-bond acceptors (Lipinski definition) is 6. The molecule has 1 N–H and O–H groups in total. The van der Waals surface area contributed by atoms with E-state index >= 15 is 0 Å². The van der Waals surface area contributed by atoms with E-state index in [1.165, 1.54) is 0 Å². The average molecular weight is 425 g/mol. The molecule has 8 heteroatoms. The molecule has 164 valence electrons. The van der Waals surface area contributed by atoms with Gasteiger partial charge < -0.3 is 24.4 Å². The highest BCUT2D eigenvalue weighted by Crippen LogP contribution is 2.34. The molecule has 0 atom stereocenters. The lowest BCUT2D eigenvalue weighted by Crippen LogP contribution is -2.45. The number of ether oxygens (including phenoxy) is 3. The molecule has 2 aliphatic heterocycles. The van der Waals surface area contributed by atoms with E-state index in [1.54, 1.807) is 17.0 Å². The number of fused-ring (bicyclic) bond motifs is 1. The summed E-state index contributed by atoms with van der Waals surface area (Å²) in [6, 6.07) is 14.8. The lowest BCUT2D eigenvalue weighted by molar-refractivity contribution is -0.121. The van der Waals surface area contributed by atoms with E-state index < -0.39 is 0 Å². The monoisotopic (exact) mass is 425 g/mol. The first-order valence-corrected chi connectivity index (χ1v) is 10.5. The fourth-order valence-electron chi connectivity index (χ4n) is 3.60. The highest BCUT2D eigenvalue weighted by Gasteiger charge is 2.26. The van der Waals surface area contributed by atoms with Crippen LogP contribution in [0.5, 0.6) is 11.5 Å². The van der Waals surface area contributed by atoms with Crippen molar-refractivity contribution in [1.29, 1.82) is 0 Å². The van der Waals surface area contributed by atoms with Crippen molar-refractivity contribution in [2.75, 3.05) is 62.8 Å². The molecule has 0 bridgehead atoms. The second-order valence-corrected chi connectivity index (χ2v) is 7.43. The van der Waals surface area contributed by atoms with Gasteiger partial charge in [0.25, 0.3) is 5.91 Å². The van der Waals surface area contributed by atoms with Crippen LogP contribution in [0.1, 0.15) is 6.42 Å². The van der Waals surface area contributed by atoms with Crippen molar-refractivity contribution in [3.05, 3.63) is 48.5 Å². The number of nitrogens with zero attached hydrogens (tertiary/aromatic N) is 2. The van der Waals surface area contributed by atoms with Gasteiger partial charge in [0.1, 0.15) is 11.5 Å². The molecule has 1 fully saturated rings. The van der Waals surface area contributed by atoms with Crippen LogP contribution >= 0.6 is 0 Å². The third-order valence-electron chi connectivity index (χ3n) is 5.27. The SMILES string of the molecule is O=C(CCOc1ccccc1)Nc1ccc2c(c1)OCC(=O)N2CCN1CCOCC1. The van der Waals surface area contributed by atoms with Crippen LogP contribution in [0.3, 0.4) is 0 Å². The van der Waals surface area contributed by atoms with Crippen molar-refractivity contribution in [2.45, 2.75) is 6.42 Å². The molecule has 31 heavy (non-hydrogen) atoms. The maximum atomic E-state index is 12.4. The number of nitrogens with one attached hydrogen (secondary N) is 1. The van der Waals surface area contributed by atoms with Crippen LogP contribution < -0.4 is 19.7 Å². The Hall–Kier alpha value is -3.10. The van der Waals surface area contributed by atoms with E-state index in [1.807, 2.05) is 36.4 Å². The van der Waals surface area contributed by atoms with Gasteiger partial charge in [0.05, 0.1) is 31.9 Å². The lowest BCUT2D eigenvalue weighted by Gasteiger charge is -2.33. The van der Waals surface area contributed by atoms with Gasteiger partial charge in [-0.25, -0.2) is 0 Å². The second-order valence-electron chi connectivity index (χ2n) is 7.43. The summed E-state index contributed by atoms with van der Waals surface area (Å²) >= 11 is 0. The number of para-hydroxylation sites is 1. The summed E-state index contributed by atoms with van der Waals surface area (Å²) < 4.78 is 16.6. The number of carbonyl (C=O) groups is 2. The summed E-state index contributed by atoms with van der Waals surface area (Å²) in [6.07, 6.45) is 0.233. The fourth-order valence-corrected chi connectivity index (χ4v) is 3.60. The summed E-state index contributed by atoms with van der Waals surface area (Å²) in [6.45, 7) is 4.89. The van der Waals surface area contributed by atoms with Gasteiger partial charge in [-0.2, -0.15) is 0 Å². The number of anilines is 2. The average Bonchev–Trinajstić information content (AvgIpc) is 2.80. The number of amides is 2. The topological polar surface area (TPSA) is 80.3 Å². The van der Waals surface area contributed by atoms with Crippen molar-refractivity contribution in [2.24, 2.45) is 0 Å². The molecule has 0 unspecified atom stereocenters. The summed E-state index contributed by atoms with van der Waals surface area (Å²) in [5, 5.41) is 2.86. The van der Waals surface area contributed by atoms with E-state index in [4.69, 9.17) is 14.2 Å². The lowest BCUT2D eigenvalue weighted by atomic mass is 10.2. The first kappa shape index (κ1) is 21.1. The van der Waals surface area contributed by atoms with Crippen molar-refractivity contribution < 1.29 is 23.8 Å². The highest BCUT2D eigenvalue weighted by atomic mass is 16.5. The molecular formula is C23H27N3O5. The van der Waals surface area contributed by atoms with E-state index in [-0.39, 0.29) is 24.8 Å². The largest absolute Gasteiger partial charge is 0.493 e. The third kappa shape index (κ3) is 5.74. The molecule has 2 amide bonds. The molecule has 0 saturated carbocycles. The Balaban J connectivity index is 1.31. The van der Waals surface area contributed by atoms with E-state index in [2.05, 4.69) is 10.2 Å². The Kier molecular flexibility index (Phi) is 7.01. The van der Waals surface area contributed by atoms with Gasteiger partial charge in [0.2, 0.25) is 5.91 Å². The maximum Gasteiger partial charge on any atom is 0.265 e. The van der Waals surface area contributed by atoms with Gasteiger partial charge in [0, 0.05) is 37.9 Å². The van der Waals surface area contributed by atoms with Crippen LogP contribution in [0.15, 0.2) is 48.5 Å². The number of hydrogen-bond donors (Lipinski definition) is 1. The van der Waals surface area contributed by atoms with Crippen LogP contribution in [-0.2, 0) is 14.3 Å². The van der Waals surface area contributed by atoms with E-state index in [0.29, 0.717) is 24.6 Å². The first-order valence-electron chi connectivity index (χ1n) is 10.5. The summed E-state index contributed by atoms with van der Waals surface area (Å²) in [5.41, 5.74) is 1.36. The molecule has 2 aromatic rings. The van der Waals surface area contributed by atoms with Gasteiger partial charge >= 0.3 is 0 Å². The predicted octanol–water partition coefficient (Wildman–Crippen LogP) is 2.15. The van der Waals surface area contributed by atoms with E-state index in [0.717, 1.165) is 44.3 Å². The maximum absolute atomic E-state index is 12.4. The number of carbonyl (C=O) groups excluding carboxylic acids is 2. The minimum atomic E-state index is -0.146. The van der Waals surface area contributed by atoms with Crippen LogP contribution in [-0.4, -0.2) is 69.3 Å². The van der Waals surface area contributed by atoms with Gasteiger partial charge in [-0.3, -0.25) is 14.5 Å². The van der Waals surface area contributed by atoms with Crippen LogP contribution in [0.4, 0.5) is 11.4 Å². The Labute approximate surface area is 181 Å². The van der Waals surface area contributed by atoms with Crippen LogP contribution in [0.2, 0.25) is 0 Å². The number of morpholine rings is 1. The van der Waals surface area contributed by atoms with Crippen LogP contribution in [0.25, 0.3) is 0 Å². The molecule has 2 aliphatic rings. The summed E-state index contributed by atoms with van der Waals surface area (Å²) in [4.78, 5) is 28.7. The Morgan fingerprint density at radius 1 is 1.06 bits per heavy atom. The van der Waals surface area contributed by atoms with Crippen molar-refractivity contribution in [1.82, 2.24) is 4.90 Å². The molecule has 2 heterocycles. The molecule has 2 aromatic carbocycles. The summed E-state index contributed by atoms with van der Waals surface area (Å²) in [7, 11) is 0. The molecule has 0 spiro atoms. The molecule has 8 nitrogen and oxygen atoms in total. The van der Waals surface area contributed by atoms with Gasteiger partial charge in [-0.1, -0.05) is 18.2 Å². The number of benzene rings is 2. The minimum absolute atomic E-state index is 0.00156. The third-order valence-corrected chi connectivity index (χ3v) is 5.27. The van der Waals surface area contributed by atoms with Gasteiger partial charge in [-0.05, 0) is 24.3 Å². The first-order chi connectivity index (χ1) is 15.2. The quantitative estimate of drug-likeness (QED) is 0.698. The molecule has 0 aliphatic carbocycles. The highest BCUT2D eigenvalue weighted by molar-refractivity contribution is 5.99. The normalized spacial score (nSPS) is 16.4. The zero-order valence-electron chi connectivity index (χ0n) is 17.4. The standard InChI is InChI=1S/C23H27N3O5/c27-22(8-13-30-19-4-2-1-3-5-19)24-18-6-7-20-21(16-18)31-17-23(28)26(20)10-9-25-11-14-29-15-12-25/h1-7,16H,8-15,17H2,(H,24,27). The minimum Gasteiger partial charge on any atom is -0.493 e. The zero-order valence-corrected chi connectivity index (χ0v) is 17.4. The molecule has 1 saturated heterocycles. The van der Waals surface area contributed by atoms with Crippen molar-refractivity contribution in [3.63, 3.8) is 0 Å². The van der Waals surface area contributed by atoms with Crippen molar-refractivity contribution >= 4 is 23.2 Å². The smallest absolute Gasteiger partial charge is 0.265 e. The van der Waals surface area contributed by atoms with Gasteiger partial charge in [0.15, 0.2) is 6.61 Å². The Morgan fingerprint density at radius 3 is 2.68 bits per heavy atom. The number of rotatable bonds is 8. The van der Waals surface area contributed by atoms with Gasteiger partial charge in [-0.15, -0.1) is 0 Å². The Morgan fingerprint density at radius 2 is 1.87 bits per heavy atom. The predicted molar refractivity (Wildman–Crippen MR) is 117 cm³/mol. The molecule has 4 rings (SSSR count). The molecular weight excluding hydrogens is 398 g/mol. The molecule has 0 aromatic heterocycles. The summed E-state index contributed by atoms with van der Waals surface area (Å²) in [5.74, 6) is 1.13. The molecule has 0 radical (unpaired) electrons. The zero-order chi connectivity index (χ0) is 21.5. The Bertz CT molecular complexity index is 899. The second kappa shape index (κ2) is 10.3. The van der Waals surface area contributed by atoms with Crippen LogP contribution in [0, 0.1) is 0 Å². The fraction of sp³-hybridized carbons (Fsp3) is 0.391. The van der Waals surface area contributed by atoms with E-state index in [9.17, 15) is 9.59 Å².